The number of anilines is 2. The second-order valence-electron chi connectivity index (χ2n) is 7.09. The number of carbonyl (C=O) groups is 1. The summed E-state index contributed by atoms with van der Waals surface area (Å²) in [4.78, 5) is 20.5. The second kappa shape index (κ2) is 10.2. The van der Waals surface area contributed by atoms with Gasteiger partial charge in [-0.15, -0.1) is 0 Å². The summed E-state index contributed by atoms with van der Waals surface area (Å²) < 4.78 is 66.3. The molecule has 0 bridgehead atoms. The van der Waals surface area contributed by atoms with Crippen molar-refractivity contribution in [3.63, 3.8) is 0 Å². The number of alkyl halides is 3. The molecule has 0 saturated carbocycles. The lowest BCUT2D eigenvalue weighted by Crippen LogP contribution is -2.16. The summed E-state index contributed by atoms with van der Waals surface area (Å²) in [6.07, 6.45) is -4.74. The number of benzene rings is 2. The predicted octanol–water partition coefficient (Wildman–Crippen LogP) is 5.30. The summed E-state index contributed by atoms with van der Waals surface area (Å²) in [5.74, 6) is -0.301. The highest BCUT2D eigenvalue weighted by molar-refractivity contribution is 7.99. The molecule has 13 heteroatoms. The summed E-state index contributed by atoms with van der Waals surface area (Å²) in [6, 6.07) is 9.70. The van der Waals surface area contributed by atoms with E-state index in [2.05, 4.69) is 20.0 Å². The molecule has 1 aromatic heterocycles. The first-order valence-electron chi connectivity index (χ1n) is 9.58. The van der Waals surface area contributed by atoms with Crippen LogP contribution in [0.5, 0.6) is 0 Å². The molecule has 0 aliphatic heterocycles. The number of hydrogen-bond donors (Lipinski definition) is 2. The monoisotopic (exact) mass is 530 g/mol. The molecule has 2 N–H and O–H groups in total. The predicted molar refractivity (Wildman–Crippen MR) is 125 cm³/mol. The van der Waals surface area contributed by atoms with Gasteiger partial charge in [-0.3, -0.25) is 9.52 Å². The Labute approximate surface area is 203 Å². The van der Waals surface area contributed by atoms with Crippen molar-refractivity contribution in [3.8, 4) is 0 Å². The number of carbonyl (C=O) groups excluding carboxylic acids is 1. The third-order valence-corrected chi connectivity index (χ3v) is 6.84. The Bertz CT molecular complexity index is 1300. The van der Waals surface area contributed by atoms with Crippen LogP contribution in [0.1, 0.15) is 17.0 Å². The lowest BCUT2D eigenvalue weighted by atomic mass is 10.2. The first kappa shape index (κ1) is 25.8. The van der Waals surface area contributed by atoms with E-state index in [-0.39, 0.29) is 22.2 Å². The number of hydrogen-bond acceptors (Lipinski definition) is 6. The second-order valence-corrected chi connectivity index (χ2v) is 10.1. The molecule has 0 fully saturated rings. The maximum atomic E-state index is 13.0. The fourth-order valence-corrected chi connectivity index (χ4v) is 4.85. The minimum atomic E-state index is -4.74. The third kappa shape index (κ3) is 6.84. The number of rotatable bonds is 7. The van der Waals surface area contributed by atoms with Crippen LogP contribution in [0.3, 0.4) is 0 Å². The average Bonchev–Trinajstić information content (AvgIpc) is 2.72. The van der Waals surface area contributed by atoms with E-state index in [1.165, 1.54) is 24.3 Å². The minimum absolute atomic E-state index is 0.0443. The summed E-state index contributed by atoms with van der Waals surface area (Å²) in [7, 11) is -4.18. The molecule has 7 nitrogen and oxygen atoms in total. The van der Waals surface area contributed by atoms with Crippen molar-refractivity contribution in [3.05, 3.63) is 70.5 Å². The highest BCUT2D eigenvalue weighted by Gasteiger charge is 2.33. The fourth-order valence-electron chi connectivity index (χ4n) is 2.82. The zero-order valence-electron chi connectivity index (χ0n) is 17.8. The number of thioether (sulfide) groups is 1. The van der Waals surface area contributed by atoms with Crippen molar-refractivity contribution in [1.29, 1.82) is 0 Å². The van der Waals surface area contributed by atoms with Crippen LogP contribution in [0.25, 0.3) is 0 Å². The standard InChI is InChI=1S/C21H18ClF3N4O3S2/c1-12-9-13(2)27-20(26-12)33-11-19(30)28-14-3-6-16(7-4-14)34(31,32)29-15-5-8-18(22)17(10-15)21(23,24)25/h3-10,29H,11H2,1-2H3,(H,28,30). The van der Waals surface area contributed by atoms with Crippen LogP contribution in [0.15, 0.2) is 58.6 Å². The molecule has 0 aliphatic rings. The number of nitrogens with one attached hydrogen (secondary N) is 2. The van der Waals surface area contributed by atoms with Gasteiger partial charge in [0.05, 0.1) is 21.2 Å². The smallest absolute Gasteiger partial charge is 0.325 e. The molecule has 0 spiro atoms. The SMILES string of the molecule is Cc1cc(C)nc(SCC(=O)Nc2ccc(S(=O)(=O)Nc3ccc(Cl)c(C(F)(F)F)c3)cc2)n1. The van der Waals surface area contributed by atoms with Gasteiger partial charge in [0.15, 0.2) is 5.16 Å². The molecule has 34 heavy (non-hydrogen) atoms. The molecule has 1 heterocycles. The van der Waals surface area contributed by atoms with Crippen molar-refractivity contribution in [2.75, 3.05) is 15.8 Å². The molecule has 180 valence electrons. The topological polar surface area (TPSA) is 101 Å². The van der Waals surface area contributed by atoms with E-state index in [0.717, 1.165) is 35.3 Å². The Kier molecular flexibility index (Phi) is 7.74. The number of halogens is 4. The summed E-state index contributed by atoms with van der Waals surface area (Å²) in [5, 5.41) is 2.55. The minimum Gasteiger partial charge on any atom is -0.325 e. The molecule has 0 radical (unpaired) electrons. The van der Waals surface area contributed by atoms with Crippen molar-refractivity contribution in [2.45, 2.75) is 30.1 Å². The van der Waals surface area contributed by atoms with E-state index in [1.54, 1.807) is 0 Å². The van der Waals surface area contributed by atoms with Gasteiger partial charge in [-0.1, -0.05) is 23.4 Å². The van der Waals surface area contributed by atoms with Crippen LogP contribution in [0.2, 0.25) is 5.02 Å². The molecular weight excluding hydrogens is 513 g/mol. The first-order valence-corrected chi connectivity index (χ1v) is 12.4. The molecule has 3 rings (SSSR count). The largest absolute Gasteiger partial charge is 0.417 e. The number of aryl methyl sites for hydroxylation is 2. The van der Waals surface area contributed by atoms with Gasteiger partial charge in [-0.25, -0.2) is 18.4 Å². The van der Waals surface area contributed by atoms with Crippen LogP contribution in [-0.4, -0.2) is 30.0 Å². The molecule has 0 saturated heterocycles. The van der Waals surface area contributed by atoms with Gasteiger partial charge in [0.1, 0.15) is 0 Å². The summed E-state index contributed by atoms with van der Waals surface area (Å²) >= 11 is 6.72. The van der Waals surface area contributed by atoms with Crippen molar-refractivity contribution < 1.29 is 26.4 Å². The lowest BCUT2D eigenvalue weighted by molar-refractivity contribution is -0.137. The average molecular weight is 531 g/mol. The van der Waals surface area contributed by atoms with E-state index in [0.29, 0.717) is 16.9 Å². The maximum Gasteiger partial charge on any atom is 0.417 e. The van der Waals surface area contributed by atoms with E-state index in [1.807, 2.05) is 19.9 Å². The van der Waals surface area contributed by atoms with Gasteiger partial charge in [0.25, 0.3) is 10.0 Å². The molecule has 1 amide bonds. The van der Waals surface area contributed by atoms with Crippen LogP contribution in [0.4, 0.5) is 24.5 Å². The van der Waals surface area contributed by atoms with Crippen molar-refractivity contribution >= 4 is 50.7 Å². The van der Waals surface area contributed by atoms with Crippen LogP contribution in [-0.2, 0) is 21.0 Å². The van der Waals surface area contributed by atoms with Gasteiger partial charge < -0.3 is 5.32 Å². The van der Waals surface area contributed by atoms with Crippen LogP contribution < -0.4 is 10.0 Å². The fraction of sp³-hybridized carbons (Fsp3) is 0.190. The maximum absolute atomic E-state index is 13.0. The van der Waals surface area contributed by atoms with Crippen LogP contribution in [0, 0.1) is 13.8 Å². The van der Waals surface area contributed by atoms with Gasteiger partial charge in [0, 0.05) is 22.8 Å². The summed E-state index contributed by atoms with van der Waals surface area (Å²) in [5.41, 5.74) is 0.469. The Balaban J connectivity index is 1.64. The Morgan fingerprint density at radius 3 is 2.18 bits per heavy atom. The number of sulfonamides is 1. The highest BCUT2D eigenvalue weighted by atomic mass is 35.5. The Morgan fingerprint density at radius 1 is 1.00 bits per heavy atom. The van der Waals surface area contributed by atoms with E-state index in [4.69, 9.17) is 11.6 Å². The third-order valence-electron chi connectivity index (χ3n) is 4.27. The Hall–Kier alpha value is -2.83. The van der Waals surface area contributed by atoms with E-state index in [9.17, 15) is 26.4 Å². The lowest BCUT2D eigenvalue weighted by Gasteiger charge is -2.13. The molecule has 0 unspecified atom stereocenters. The molecule has 0 aliphatic carbocycles. The zero-order chi connectivity index (χ0) is 25.1. The number of nitrogens with zero attached hydrogens (tertiary/aromatic N) is 2. The first-order chi connectivity index (χ1) is 15.8. The molecular formula is C21H18ClF3N4O3S2. The number of amides is 1. The van der Waals surface area contributed by atoms with Gasteiger partial charge >= 0.3 is 6.18 Å². The summed E-state index contributed by atoms with van der Waals surface area (Å²) in [6.45, 7) is 3.65. The van der Waals surface area contributed by atoms with Gasteiger partial charge in [0.2, 0.25) is 5.91 Å². The highest BCUT2D eigenvalue weighted by Crippen LogP contribution is 2.36. The van der Waals surface area contributed by atoms with Gasteiger partial charge in [-0.05, 0) is 62.4 Å². The molecule has 0 atom stereocenters. The quantitative estimate of drug-likeness (QED) is 0.318. The van der Waals surface area contributed by atoms with E-state index >= 15 is 0 Å². The van der Waals surface area contributed by atoms with Gasteiger partial charge in [-0.2, -0.15) is 13.2 Å². The van der Waals surface area contributed by atoms with Crippen LogP contribution >= 0.6 is 23.4 Å². The number of aromatic nitrogens is 2. The normalized spacial score (nSPS) is 11.8. The van der Waals surface area contributed by atoms with Crippen molar-refractivity contribution in [2.24, 2.45) is 0 Å². The zero-order valence-corrected chi connectivity index (χ0v) is 20.2. The molecule has 2 aromatic carbocycles. The molecule has 3 aromatic rings. The van der Waals surface area contributed by atoms with E-state index < -0.39 is 26.8 Å². The Morgan fingerprint density at radius 2 is 1.59 bits per heavy atom. The van der Waals surface area contributed by atoms with Crippen molar-refractivity contribution in [1.82, 2.24) is 9.97 Å².